The minimum absolute atomic E-state index is 0.0577. The molecule has 0 spiro atoms. The van der Waals surface area contributed by atoms with E-state index in [4.69, 9.17) is 0 Å². The number of nitrogens with zero attached hydrogens (tertiary/aromatic N) is 1. The first kappa shape index (κ1) is 13.3. The predicted octanol–water partition coefficient (Wildman–Crippen LogP) is 4.56. The maximum absolute atomic E-state index is 12.0. The number of nitrogens with one attached hydrogen (secondary N) is 1. The van der Waals surface area contributed by atoms with Crippen molar-refractivity contribution in [1.29, 1.82) is 0 Å². The van der Waals surface area contributed by atoms with E-state index in [0.29, 0.717) is 0 Å². The molecule has 3 rings (SSSR count). The van der Waals surface area contributed by atoms with Gasteiger partial charge < -0.3 is 5.32 Å². The van der Waals surface area contributed by atoms with Gasteiger partial charge in [0.25, 0.3) is 5.91 Å². The van der Waals surface area contributed by atoms with Crippen LogP contribution >= 0.6 is 22.7 Å². The number of anilines is 1. The van der Waals surface area contributed by atoms with Gasteiger partial charge in [-0.15, -0.1) is 22.7 Å². The molecule has 1 N–H and O–H groups in total. The van der Waals surface area contributed by atoms with Gasteiger partial charge in [-0.2, -0.15) is 0 Å². The number of hydrogen-bond donors (Lipinski definition) is 1. The highest BCUT2D eigenvalue weighted by Crippen LogP contribution is 2.26. The first-order chi connectivity index (χ1) is 9.76. The average molecular weight is 302 g/mol. The molecule has 1 aromatic carbocycles. The number of rotatable bonds is 4. The summed E-state index contributed by atoms with van der Waals surface area (Å²) in [5.74, 6) is -0.0577. The van der Waals surface area contributed by atoms with Crippen molar-refractivity contribution in [2.75, 3.05) is 5.32 Å². The quantitative estimate of drug-likeness (QED) is 0.767. The molecular weight excluding hydrogens is 288 g/mol. The van der Waals surface area contributed by atoms with Gasteiger partial charge >= 0.3 is 0 Å². The van der Waals surface area contributed by atoms with Crippen molar-refractivity contribution >= 4 is 44.5 Å². The molecule has 0 aliphatic heterocycles. The molecule has 0 atom stereocenters. The zero-order chi connectivity index (χ0) is 13.9. The van der Waals surface area contributed by atoms with E-state index in [1.807, 2.05) is 35.7 Å². The topological polar surface area (TPSA) is 42.0 Å². The van der Waals surface area contributed by atoms with Crippen molar-refractivity contribution in [1.82, 2.24) is 4.98 Å². The van der Waals surface area contributed by atoms with Crippen LogP contribution in [0, 0.1) is 0 Å². The Morgan fingerprint density at radius 1 is 1.35 bits per heavy atom. The fourth-order valence-corrected chi connectivity index (χ4v) is 3.70. The molecule has 0 saturated carbocycles. The maximum atomic E-state index is 12.0. The van der Waals surface area contributed by atoms with Gasteiger partial charge in [-0.05, 0) is 42.5 Å². The van der Waals surface area contributed by atoms with Crippen molar-refractivity contribution in [3.63, 3.8) is 0 Å². The summed E-state index contributed by atoms with van der Waals surface area (Å²) in [6.07, 6.45) is 2.11. The Balaban J connectivity index is 1.83. The van der Waals surface area contributed by atoms with Crippen LogP contribution in [-0.2, 0) is 6.42 Å². The van der Waals surface area contributed by atoms with Crippen LogP contribution in [0.15, 0.2) is 35.7 Å². The largest absolute Gasteiger partial charge is 0.321 e. The SMILES string of the molecule is CCCc1nc2ccc(NC(=O)c3cccs3)cc2s1. The number of aromatic nitrogens is 1. The normalized spacial score (nSPS) is 10.8. The standard InChI is InChI=1S/C15H14N2OS2/c1-2-4-14-17-11-7-6-10(9-13(11)20-14)16-15(18)12-5-3-8-19-12/h3,5-9H,2,4H2,1H3,(H,16,18). The molecule has 0 saturated heterocycles. The molecule has 0 bridgehead atoms. The molecule has 0 unspecified atom stereocenters. The number of thiazole rings is 1. The number of hydrogen-bond acceptors (Lipinski definition) is 4. The monoisotopic (exact) mass is 302 g/mol. The second-order valence-electron chi connectivity index (χ2n) is 4.47. The average Bonchev–Trinajstić information content (AvgIpc) is 3.07. The minimum atomic E-state index is -0.0577. The van der Waals surface area contributed by atoms with Crippen LogP contribution in [0.3, 0.4) is 0 Å². The van der Waals surface area contributed by atoms with Crippen LogP contribution < -0.4 is 5.32 Å². The van der Waals surface area contributed by atoms with Crippen LogP contribution in [0.1, 0.15) is 28.0 Å². The molecule has 20 heavy (non-hydrogen) atoms. The molecule has 0 aliphatic rings. The van der Waals surface area contributed by atoms with E-state index in [1.165, 1.54) is 11.3 Å². The van der Waals surface area contributed by atoms with E-state index >= 15 is 0 Å². The first-order valence-corrected chi connectivity index (χ1v) is 8.20. The summed E-state index contributed by atoms with van der Waals surface area (Å²) < 4.78 is 1.12. The summed E-state index contributed by atoms with van der Waals surface area (Å²) in [7, 11) is 0. The Labute approximate surface area is 125 Å². The second kappa shape index (κ2) is 5.73. The van der Waals surface area contributed by atoms with E-state index < -0.39 is 0 Å². The van der Waals surface area contributed by atoms with Crippen molar-refractivity contribution in [3.8, 4) is 0 Å². The summed E-state index contributed by atoms with van der Waals surface area (Å²) in [6, 6.07) is 9.57. The summed E-state index contributed by atoms with van der Waals surface area (Å²) in [5, 5.41) is 5.99. The van der Waals surface area contributed by atoms with E-state index in [0.717, 1.165) is 38.6 Å². The smallest absolute Gasteiger partial charge is 0.265 e. The summed E-state index contributed by atoms with van der Waals surface area (Å²) in [5.41, 5.74) is 1.83. The van der Waals surface area contributed by atoms with Gasteiger partial charge in [0.1, 0.15) is 0 Å². The van der Waals surface area contributed by atoms with Gasteiger partial charge in [0.2, 0.25) is 0 Å². The Bertz CT molecular complexity index is 732. The molecule has 0 radical (unpaired) electrons. The predicted molar refractivity (Wildman–Crippen MR) is 85.9 cm³/mol. The number of benzene rings is 1. The van der Waals surface area contributed by atoms with Crippen LogP contribution in [0.25, 0.3) is 10.2 Å². The molecule has 5 heteroatoms. The van der Waals surface area contributed by atoms with E-state index in [2.05, 4.69) is 17.2 Å². The first-order valence-electron chi connectivity index (χ1n) is 6.50. The molecular formula is C15H14N2OS2. The number of amides is 1. The summed E-state index contributed by atoms with van der Waals surface area (Å²) in [4.78, 5) is 17.3. The number of fused-ring (bicyclic) bond motifs is 1. The zero-order valence-corrected chi connectivity index (χ0v) is 12.7. The molecule has 2 aromatic heterocycles. The Morgan fingerprint density at radius 3 is 3.00 bits per heavy atom. The van der Waals surface area contributed by atoms with Crippen molar-refractivity contribution < 1.29 is 4.79 Å². The highest BCUT2D eigenvalue weighted by molar-refractivity contribution is 7.18. The van der Waals surface area contributed by atoms with Gasteiger partial charge in [0, 0.05) is 5.69 Å². The van der Waals surface area contributed by atoms with Gasteiger partial charge in [0.15, 0.2) is 0 Å². The van der Waals surface area contributed by atoms with Crippen molar-refractivity contribution in [2.45, 2.75) is 19.8 Å². The zero-order valence-electron chi connectivity index (χ0n) is 11.1. The third-order valence-electron chi connectivity index (χ3n) is 2.90. The van der Waals surface area contributed by atoms with E-state index in [1.54, 1.807) is 11.3 Å². The van der Waals surface area contributed by atoms with Crippen LogP contribution in [0.4, 0.5) is 5.69 Å². The van der Waals surface area contributed by atoms with Crippen LogP contribution in [-0.4, -0.2) is 10.9 Å². The number of carbonyl (C=O) groups excluding carboxylic acids is 1. The fourth-order valence-electron chi connectivity index (χ4n) is 1.97. The second-order valence-corrected chi connectivity index (χ2v) is 6.53. The molecule has 3 nitrogen and oxygen atoms in total. The maximum Gasteiger partial charge on any atom is 0.265 e. The Kier molecular flexibility index (Phi) is 3.80. The highest BCUT2D eigenvalue weighted by atomic mass is 32.1. The van der Waals surface area contributed by atoms with Gasteiger partial charge in [0.05, 0.1) is 20.1 Å². The van der Waals surface area contributed by atoms with Gasteiger partial charge in [-0.25, -0.2) is 4.98 Å². The lowest BCUT2D eigenvalue weighted by atomic mass is 10.3. The molecule has 2 heterocycles. The lowest BCUT2D eigenvalue weighted by Gasteiger charge is -2.02. The Hall–Kier alpha value is -1.72. The third-order valence-corrected chi connectivity index (χ3v) is 4.85. The molecule has 1 amide bonds. The molecule has 3 aromatic rings. The van der Waals surface area contributed by atoms with Crippen molar-refractivity contribution in [2.24, 2.45) is 0 Å². The number of aryl methyl sites for hydroxylation is 1. The highest BCUT2D eigenvalue weighted by Gasteiger charge is 2.08. The van der Waals surface area contributed by atoms with Gasteiger partial charge in [-0.3, -0.25) is 4.79 Å². The fraction of sp³-hybridized carbons (Fsp3) is 0.200. The molecule has 0 aliphatic carbocycles. The Morgan fingerprint density at radius 2 is 2.25 bits per heavy atom. The van der Waals surface area contributed by atoms with Crippen molar-refractivity contribution in [3.05, 3.63) is 45.6 Å². The van der Waals surface area contributed by atoms with Gasteiger partial charge in [-0.1, -0.05) is 13.0 Å². The number of thiophene rings is 1. The van der Waals surface area contributed by atoms with E-state index in [9.17, 15) is 4.79 Å². The third kappa shape index (κ3) is 2.73. The lowest BCUT2D eigenvalue weighted by molar-refractivity contribution is 0.103. The molecule has 102 valence electrons. The van der Waals surface area contributed by atoms with E-state index in [-0.39, 0.29) is 5.91 Å². The minimum Gasteiger partial charge on any atom is -0.321 e. The summed E-state index contributed by atoms with van der Waals surface area (Å²) in [6.45, 7) is 2.15. The van der Waals surface area contributed by atoms with Crippen LogP contribution in [0.2, 0.25) is 0 Å². The van der Waals surface area contributed by atoms with Crippen LogP contribution in [0.5, 0.6) is 0 Å². The lowest BCUT2D eigenvalue weighted by Crippen LogP contribution is -2.09. The summed E-state index contributed by atoms with van der Waals surface area (Å²) >= 11 is 3.14. The molecule has 0 fully saturated rings. The number of carbonyl (C=O) groups is 1.